The summed E-state index contributed by atoms with van der Waals surface area (Å²) in [7, 11) is 0. The van der Waals surface area contributed by atoms with Crippen LogP contribution in [-0.2, 0) is 0 Å². The lowest BCUT2D eigenvalue weighted by Crippen LogP contribution is -2.28. The summed E-state index contributed by atoms with van der Waals surface area (Å²) in [5, 5.41) is 0.790. The first-order valence-corrected chi connectivity index (χ1v) is 7.78. The van der Waals surface area contributed by atoms with Crippen LogP contribution in [0.15, 0.2) is 18.2 Å². The molecule has 0 bridgehead atoms. The summed E-state index contributed by atoms with van der Waals surface area (Å²) in [6.45, 7) is 4.31. The molecule has 1 aromatic carbocycles. The summed E-state index contributed by atoms with van der Waals surface area (Å²) in [4.78, 5) is 0. The lowest BCUT2D eigenvalue weighted by molar-refractivity contribution is 0.477. The molecule has 0 saturated carbocycles. The molecule has 0 aliphatic carbocycles. The monoisotopic (exact) mass is 282 g/mol. The Labute approximate surface area is 122 Å². The Hall–Kier alpha value is -0.570. The maximum absolute atomic E-state index is 6.10. The van der Waals surface area contributed by atoms with E-state index in [9.17, 15) is 0 Å². The third-order valence-electron chi connectivity index (χ3n) is 3.51. The lowest BCUT2D eigenvalue weighted by atomic mass is 9.99. The molecule has 1 aromatic rings. The van der Waals surface area contributed by atoms with Crippen LogP contribution in [0, 0.1) is 6.92 Å². The van der Waals surface area contributed by atoms with Gasteiger partial charge in [-0.1, -0.05) is 63.1 Å². The predicted molar refractivity (Wildman–Crippen MR) is 84.2 cm³/mol. The van der Waals surface area contributed by atoms with Crippen LogP contribution < -0.4 is 11.3 Å². The molecule has 0 radical (unpaired) electrons. The van der Waals surface area contributed by atoms with Crippen LogP contribution in [0.5, 0.6) is 0 Å². The highest BCUT2D eigenvalue weighted by atomic mass is 35.5. The van der Waals surface area contributed by atoms with Gasteiger partial charge in [0.1, 0.15) is 0 Å². The molecule has 2 nitrogen and oxygen atoms in total. The molecule has 0 amide bonds. The van der Waals surface area contributed by atoms with Crippen LogP contribution in [0.3, 0.4) is 0 Å². The van der Waals surface area contributed by atoms with Crippen LogP contribution in [0.25, 0.3) is 0 Å². The number of nitrogens with two attached hydrogens (primary N) is 1. The van der Waals surface area contributed by atoms with Gasteiger partial charge in [0.2, 0.25) is 0 Å². The largest absolute Gasteiger partial charge is 0.271 e. The summed E-state index contributed by atoms with van der Waals surface area (Å²) in [6.07, 6.45) is 8.91. The standard InChI is InChI=1S/C16H27ClN2/c1-3-4-5-6-7-8-9-16(19-18)14-10-13(2)11-15(17)12-14/h10-12,16,19H,3-9,18H2,1-2H3. The van der Waals surface area contributed by atoms with Gasteiger partial charge in [-0.2, -0.15) is 0 Å². The van der Waals surface area contributed by atoms with Crippen molar-refractivity contribution in [2.75, 3.05) is 0 Å². The Morgan fingerprint density at radius 2 is 1.79 bits per heavy atom. The van der Waals surface area contributed by atoms with Gasteiger partial charge >= 0.3 is 0 Å². The number of rotatable bonds is 9. The van der Waals surface area contributed by atoms with Crippen molar-refractivity contribution in [1.29, 1.82) is 0 Å². The highest BCUT2D eigenvalue weighted by Gasteiger charge is 2.10. The Morgan fingerprint density at radius 1 is 1.11 bits per heavy atom. The average molecular weight is 283 g/mol. The molecular formula is C16H27ClN2. The molecule has 0 aromatic heterocycles. The summed E-state index contributed by atoms with van der Waals surface area (Å²) in [6, 6.07) is 6.36. The van der Waals surface area contributed by atoms with Gasteiger partial charge in [0.15, 0.2) is 0 Å². The molecule has 3 N–H and O–H groups in total. The molecule has 0 fully saturated rings. The Kier molecular flexibility index (Phi) is 8.11. The molecule has 0 aliphatic heterocycles. The zero-order valence-electron chi connectivity index (χ0n) is 12.2. The smallest absolute Gasteiger partial charge is 0.0460 e. The van der Waals surface area contributed by atoms with Gasteiger partial charge in [-0.3, -0.25) is 11.3 Å². The summed E-state index contributed by atoms with van der Waals surface area (Å²) in [5.74, 6) is 5.67. The van der Waals surface area contributed by atoms with E-state index >= 15 is 0 Å². The first-order chi connectivity index (χ1) is 9.17. The van der Waals surface area contributed by atoms with Crippen molar-refractivity contribution in [3.05, 3.63) is 34.3 Å². The molecule has 1 rings (SSSR count). The Morgan fingerprint density at radius 3 is 2.42 bits per heavy atom. The SMILES string of the molecule is CCCCCCCCC(NN)c1cc(C)cc(Cl)c1. The van der Waals surface area contributed by atoms with Crippen molar-refractivity contribution in [3.8, 4) is 0 Å². The second-order valence-electron chi connectivity index (χ2n) is 5.34. The minimum Gasteiger partial charge on any atom is -0.271 e. The average Bonchev–Trinajstić information content (AvgIpc) is 2.37. The fourth-order valence-corrected chi connectivity index (χ4v) is 2.74. The summed E-state index contributed by atoms with van der Waals surface area (Å²) >= 11 is 6.10. The van der Waals surface area contributed by atoms with Gasteiger partial charge in [-0.25, -0.2) is 0 Å². The van der Waals surface area contributed by atoms with Crippen molar-refractivity contribution in [3.63, 3.8) is 0 Å². The van der Waals surface area contributed by atoms with E-state index in [0.29, 0.717) is 0 Å². The number of nitrogens with one attached hydrogen (secondary N) is 1. The first-order valence-electron chi connectivity index (χ1n) is 7.40. The van der Waals surface area contributed by atoms with Gasteiger partial charge in [0.05, 0.1) is 0 Å². The van der Waals surface area contributed by atoms with Crippen molar-refractivity contribution in [1.82, 2.24) is 5.43 Å². The predicted octanol–water partition coefficient (Wildman–Crippen LogP) is 4.90. The van der Waals surface area contributed by atoms with Gasteiger partial charge in [-0.15, -0.1) is 0 Å². The van der Waals surface area contributed by atoms with Gasteiger partial charge in [-0.05, 0) is 36.6 Å². The van der Waals surface area contributed by atoms with Crippen molar-refractivity contribution >= 4 is 11.6 Å². The van der Waals surface area contributed by atoms with Crippen molar-refractivity contribution in [2.24, 2.45) is 5.84 Å². The van der Waals surface area contributed by atoms with E-state index in [0.717, 1.165) is 11.4 Å². The number of unbranched alkanes of at least 4 members (excludes halogenated alkanes) is 5. The second-order valence-corrected chi connectivity index (χ2v) is 5.77. The third-order valence-corrected chi connectivity index (χ3v) is 3.73. The zero-order chi connectivity index (χ0) is 14.1. The van der Waals surface area contributed by atoms with Gasteiger partial charge in [0.25, 0.3) is 0 Å². The van der Waals surface area contributed by atoms with E-state index in [1.807, 2.05) is 12.1 Å². The number of hydrogen-bond acceptors (Lipinski definition) is 2. The molecular weight excluding hydrogens is 256 g/mol. The fraction of sp³-hybridized carbons (Fsp3) is 0.625. The number of aryl methyl sites for hydroxylation is 1. The lowest BCUT2D eigenvalue weighted by Gasteiger charge is -2.17. The minimum absolute atomic E-state index is 0.212. The molecule has 108 valence electrons. The van der Waals surface area contributed by atoms with E-state index in [-0.39, 0.29) is 6.04 Å². The quantitative estimate of drug-likeness (QED) is 0.384. The van der Waals surface area contributed by atoms with Gasteiger partial charge in [0, 0.05) is 11.1 Å². The topological polar surface area (TPSA) is 38.0 Å². The number of benzene rings is 1. The molecule has 0 spiro atoms. The maximum atomic E-state index is 6.10. The number of hydrogen-bond donors (Lipinski definition) is 2. The Balaban J connectivity index is 2.40. The molecule has 19 heavy (non-hydrogen) atoms. The summed E-state index contributed by atoms with van der Waals surface area (Å²) in [5.41, 5.74) is 5.30. The normalized spacial score (nSPS) is 12.6. The van der Waals surface area contributed by atoms with Gasteiger partial charge < -0.3 is 0 Å². The zero-order valence-corrected chi connectivity index (χ0v) is 13.0. The van der Waals surface area contributed by atoms with E-state index in [1.165, 1.54) is 49.7 Å². The van der Waals surface area contributed by atoms with E-state index in [1.54, 1.807) is 0 Å². The van der Waals surface area contributed by atoms with Crippen LogP contribution >= 0.6 is 11.6 Å². The van der Waals surface area contributed by atoms with E-state index < -0.39 is 0 Å². The van der Waals surface area contributed by atoms with E-state index in [4.69, 9.17) is 17.4 Å². The molecule has 0 heterocycles. The van der Waals surface area contributed by atoms with Crippen LogP contribution in [0.2, 0.25) is 5.02 Å². The van der Waals surface area contributed by atoms with Crippen molar-refractivity contribution in [2.45, 2.75) is 64.8 Å². The molecule has 0 aliphatic rings. The highest BCUT2D eigenvalue weighted by Crippen LogP contribution is 2.24. The van der Waals surface area contributed by atoms with E-state index in [2.05, 4.69) is 25.3 Å². The molecule has 1 unspecified atom stereocenters. The molecule has 3 heteroatoms. The number of hydrazine groups is 1. The minimum atomic E-state index is 0.212. The van der Waals surface area contributed by atoms with Crippen LogP contribution in [0.1, 0.15) is 69.0 Å². The van der Waals surface area contributed by atoms with Crippen LogP contribution in [0.4, 0.5) is 0 Å². The number of halogens is 1. The Bertz CT molecular complexity index is 346. The van der Waals surface area contributed by atoms with Crippen LogP contribution in [-0.4, -0.2) is 0 Å². The molecule has 1 atom stereocenters. The molecule has 0 saturated heterocycles. The fourth-order valence-electron chi connectivity index (χ4n) is 2.44. The first kappa shape index (κ1) is 16.5. The summed E-state index contributed by atoms with van der Waals surface area (Å²) < 4.78 is 0. The highest BCUT2D eigenvalue weighted by molar-refractivity contribution is 6.30. The maximum Gasteiger partial charge on any atom is 0.0460 e. The second kappa shape index (κ2) is 9.35. The third kappa shape index (κ3) is 6.42. The van der Waals surface area contributed by atoms with Crippen molar-refractivity contribution < 1.29 is 0 Å².